The SMILES string of the molecule is Cc1c(NC(=O)c2cccc(C#N)c2)cnc2c1c([C@@H]1CCN(C(=O)C(C)C)C[C@@H]1C)cn2C.[HH]. The Kier molecular flexibility index (Phi) is 6.43. The Morgan fingerprint density at radius 1 is 1.32 bits per heavy atom. The Labute approximate surface area is 201 Å². The van der Waals surface area contributed by atoms with E-state index in [0.29, 0.717) is 28.7 Å². The number of rotatable bonds is 4. The third-order valence-corrected chi connectivity index (χ3v) is 6.89. The molecule has 1 aliphatic heterocycles. The van der Waals surface area contributed by atoms with Crippen molar-refractivity contribution >= 4 is 28.5 Å². The number of fused-ring (bicyclic) bond motifs is 1. The van der Waals surface area contributed by atoms with E-state index in [-0.39, 0.29) is 19.2 Å². The molecule has 3 aromatic rings. The molecule has 4 rings (SSSR count). The number of anilines is 1. The Morgan fingerprint density at radius 3 is 2.76 bits per heavy atom. The first-order valence-corrected chi connectivity index (χ1v) is 11.8. The molecule has 2 amide bonds. The van der Waals surface area contributed by atoms with E-state index >= 15 is 0 Å². The molecule has 1 N–H and O–H groups in total. The van der Waals surface area contributed by atoms with Crippen LogP contribution in [-0.2, 0) is 11.8 Å². The molecule has 178 valence electrons. The zero-order valence-electron chi connectivity index (χ0n) is 20.4. The van der Waals surface area contributed by atoms with Crippen LogP contribution in [0.2, 0.25) is 0 Å². The number of benzene rings is 1. The summed E-state index contributed by atoms with van der Waals surface area (Å²) in [6.45, 7) is 9.62. The van der Waals surface area contributed by atoms with Crippen molar-refractivity contribution in [3.8, 4) is 6.07 Å². The number of carbonyl (C=O) groups excluding carboxylic acids is 2. The second-order valence-corrected chi connectivity index (χ2v) is 9.65. The molecule has 0 aliphatic carbocycles. The van der Waals surface area contributed by atoms with Gasteiger partial charge in [-0.15, -0.1) is 0 Å². The summed E-state index contributed by atoms with van der Waals surface area (Å²) in [6, 6.07) is 8.72. The van der Waals surface area contributed by atoms with E-state index in [4.69, 9.17) is 5.26 Å². The van der Waals surface area contributed by atoms with E-state index in [1.807, 2.05) is 37.3 Å². The average molecular weight is 460 g/mol. The third kappa shape index (κ3) is 4.28. The van der Waals surface area contributed by atoms with E-state index in [1.165, 1.54) is 5.56 Å². The van der Waals surface area contributed by atoms with Crippen LogP contribution in [0.4, 0.5) is 5.69 Å². The van der Waals surface area contributed by atoms with Gasteiger partial charge in [-0.3, -0.25) is 9.59 Å². The summed E-state index contributed by atoms with van der Waals surface area (Å²) in [4.78, 5) is 32.0. The van der Waals surface area contributed by atoms with Crippen LogP contribution in [0.15, 0.2) is 36.7 Å². The Balaban J connectivity index is 0.00000342. The molecule has 0 spiro atoms. The van der Waals surface area contributed by atoms with Crippen LogP contribution in [0.1, 0.15) is 61.6 Å². The molecule has 1 aromatic carbocycles. The normalized spacial score (nSPS) is 18.2. The highest BCUT2D eigenvalue weighted by atomic mass is 16.2. The summed E-state index contributed by atoms with van der Waals surface area (Å²) in [5.41, 5.74) is 4.60. The number of nitriles is 1. The highest BCUT2D eigenvalue weighted by Crippen LogP contribution is 2.39. The lowest BCUT2D eigenvalue weighted by molar-refractivity contribution is -0.136. The zero-order valence-corrected chi connectivity index (χ0v) is 20.4. The Bertz CT molecular complexity index is 1310. The van der Waals surface area contributed by atoms with Crippen LogP contribution in [-0.4, -0.2) is 39.4 Å². The minimum Gasteiger partial charge on any atom is -0.342 e. The largest absolute Gasteiger partial charge is 0.342 e. The highest BCUT2D eigenvalue weighted by Gasteiger charge is 2.32. The molecule has 1 aliphatic rings. The summed E-state index contributed by atoms with van der Waals surface area (Å²) >= 11 is 0. The molecule has 2 atom stereocenters. The van der Waals surface area contributed by atoms with Crippen LogP contribution >= 0.6 is 0 Å². The first-order valence-electron chi connectivity index (χ1n) is 11.8. The fraction of sp³-hybridized carbons (Fsp3) is 0.407. The number of nitrogens with zero attached hydrogens (tertiary/aromatic N) is 4. The third-order valence-electron chi connectivity index (χ3n) is 6.89. The number of aromatic nitrogens is 2. The molecule has 2 aromatic heterocycles. The van der Waals surface area contributed by atoms with Gasteiger partial charge >= 0.3 is 0 Å². The fourth-order valence-corrected chi connectivity index (χ4v) is 5.04. The van der Waals surface area contributed by atoms with Crippen LogP contribution < -0.4 is 5.32 Å². The monoisotopic (exact) mass is 459 g/mol. The number of carbonyl (C=O) groups is 2. The molecule has 1 saturated heterocycles. The van der Waals surface area contributed by atoms with Crippen molar-refractivity contribution in [2.75, 3.05) is 18.4 Å². The van der Waals surface area contributed by atoms with E-state index in [1.54, 1.807) is 30.5 Å². The van der Waals surface area contributed by atoms with Crippen LogP contribution in [0.3, 0.4) is 0 Å². The lowest BCUT2D eigenvalue weighted by atomic mass is 9.81. The van der Waals surface area contributed by atoms with Crippen LogP contribution in [0.25, 0.3) is 11.0 Å². The van der Waals surface area contributed by atoms with Gasteiger partial charge in [0.05, 0.1) is 23.5 Å². The van der Waals surface area contributed by atoms with Gasteiger partial charge in [0, 0.05) is 44.6 Å². The molecule has 7 nitrogen and oxygen atoms in total. The van der Waals surface area contributed by atoms with Gasteiger partial charge in [-0.2, -0.15) is 5.26 Å². The van der Waals surface area contributed by atoms with Crippen molar-refractivity contribution in [3.05, 3.63) is 58.9 Å². The number of likely N-dealkylation sites (tertiary alicyclic amines) is 1. The first-order chi connectivity index (χ1) is 16.2. The molecule has 0 radical (unpaired) electrons. The van der Waals surface area contributed by atoms with E-state index < -0.39 is 0 Å². The maximum absolute atomic E-state index is 12.9. The maximum atomic E-state index is 12.9. The fourth-order valence-electron chi connectivity index (χ4n) is 5.04. The molecule has 34 heavy (non-hydrogen) atoms. The van der Waals surface area contributed by atoms with Gasteiger partial charge in [-0.1, -0.05) is 26.8 Å². The average Bonchev–Trinajstić information content (AvgIpc) is 3.16. The smallest absolute Gasteiger partial charge is 0.255 e. The minimum atomic E-state index is -0.271. The van der Waals surface area contributed by atoms with Crippen LogP contribution in [0, 0.1) is 30.1 Å². The topological polar surface area (TPSA) is 91.0 Å². The van der Waals surface area contributed by atoms with Gasteiger partial charge in [-0.05, 0) is 54.5 Å². The second-order valence-electron chi connectivity index (χ2n) is 9.65. The lowest BCUT2D eigenvalue weighted by Crippen LogP contribution is -2.43. The van der Waals surface area contributed by atoms with Gasteiger partial charge in [-0.25, -0.2) is 4.98 Å². The molecule has 7 heteroatoms. The van der Waals surface area contributed by atoms with E-state index in [2.05, 4.69) is 29.5 Å². The second kappa shape index (κ2) is 9.30. The zero-order chi connectivity index (χ0) is 24.6. The summed E-state index contributed by atoms with van der Waals surface area (Å²) < 4.78 is 2.04. The van der Waals surface area contributed by atoms with E-state index in [9.17, 15) is 9.59 Å². The summed E-state index contributed by atoms with van der Waals surface area (Å²) in [7, 11) is 1.99. The molecule has 0 bridgehead atoms. The highest BCUT2D eigenvalue weighted by molar-refractivity contribution is 6.06. The maximum Gasteiger partial charge on any atom is 0.255 e. The number of piperidine rings is 1. The van der Waals surface area contributed by atoms with Crippen molar-refractivity contribution in [2.24, 2.45) is 18.9 Å². The first kappa shape index (κ1) is 23.5. The van der Waals surface area contributed by atoms with Gasteiger partial charge in [0.25, 0.3) is 5.91 Å². The Morgan fingerprint density at radius 2 is 2.09 bits per heavy atom. The van der Waals surface area contributed by atoms with Crippen molar-refractivity contribution < 1.29 is 11.0 Å². The number of nitrogens with one attached hydrogen (secondary N) is 1. The van der Waals surface area contributed by atoms with Crippen molar-refractivity contribution in [1.29, 1.82) is 5.26 Å². The quantitative estimate of drug-likeness (QED) is 0.603. The van der Waals surface area contributed by atoms with Gasteiger partial charge < -0.3 is 14.8 Å². The number of hydrogen-bond acceptors (Lipinski definition) is 4. The van der Waals surface area contributed by atoms with E-state index in [0.717, 1.165) is 36.1 Å². The number of pyridine rings is 1. The molecular formula is C27H33N5O2. The summed E-state index contributed by atoms with van der Waals surface area (Å²) in [5.74, 6) is 0.569. The molecule has 3 heterocycles. The number of hydrogen-bond donors (Lipinski definition) is 1. The summed E-state index contributed by atoms with van der Waals surface area (Å²) in [5, 5.41) is 13.2. The number of amides is 2. The molecule has 0 saturated carbocycles. The lowest BCUT2D eigenvalue weighted by Gasteiger charge is -2.38. The molecule has 1 fully saturated rings. The molecular weight excluding hydrogens is 426 g/mol. The molecule has 0 unspecified atom stereocenters. The predicted molar refractivity (Wildman–Crippen MR) is 135 cm³/mol. The van der Waals surface area contributed by atoms with Gasteiger partial charge in [0.2, 0.25) is 5.91 Å². The number of aryl methyl sites for hydroxylation is 2. The minimum absolute atomic E-state index is 0. The predicted octanol–water partition coefficient (Wildman–Crippen LogP) is 4.86. The Hall–Kier alpha value is -3.66. The van der Waals surface area contributed by atoms with Crippen LogP contribution in [0.5, 0.6) is 0 Å². The summed E-state index contributed by atoms with van der Waals surface area (Å²) in [6.07, 6.45) is 4.74. The standard InChI is InChI=1S/C27H31N5O2.H2/c1-16(2)27(34)32-10-9-21(17(3)14-32)22-15-31(5)25-24(22)18(4)23(13-29-25)30-26(33)20-8-6-7-19(11-20)12-28;/h6-8,11,13,15-17,21H,9-10,14H2,1-5H3,(H,30,33);1H/t17-,21+;/m0./s1. The van der Waals surface area contributed by atoms with Gasteiger partial charge in [0.15, 0.2) is 0 Å². The van der Waals surface area contributed by atoms with Crippen molar-refractivity contribution in [1.82, 2.24) is 14.5 Å². The van der Waals surface area contributed by atoms with Crippen molar-refractivity contribution in [2.45, 2.75) is 40.0 Å². The van der Waals surface area contributed by atoms with Gasteiger partial charge in [0.1, 0.15) is 5.65 Å². The van der Waals surface area contributed by atoms with Crippen molar-refractivity contribution in [3.63, 3.8) is 0 Å².